The molecule has 1 aromatic carbocycles. The monoisotopic (exact) mass is 400 g/mol. The molecule has 4 rings (SSSR count). The number of halogens is 1. The van der Waals surface area contributed by atoms with Crippen LogP contribution in [0.1, 0.15) is 39.1 Å². The molecule has 146 valence electrons. The minimum Gasteiger partial charge on any atom is -0.493 e. The summed E-state index contributed by atoms with van der Waals surface area (Å²) in [5, 5.41) is 7.47. The first kappa shape index (κ1) is 18.6. The normalized spacial score (nSPS) is 16.5. The van der Waals surface area contributed by atoms with Gasteiger partial charge in [0, 0.05) is 37.2 Å². The van der Waals surface area contributed by atoms with E-state index in [4.69, 9.17) is 4.74 Å². The van der Waals surface area contributed by atoms with Crippen molar-refractivity contribution in [3.8, 4) is 5.75 Å². The van der Waals surface area contributed by atoms with Crippen LogP contribution >= 0.6 is 11.3 Å². The third-order valence-electron chi connectivity index (χ3n) is 4.92. The Morgan fingerprint density at radius 3 is 3.11 bits per heavy atom. The van der Waals surface area contributed by atoms with E-state index >= 15 is 0 Å². The van der Waals surface area contributed by atoms with Crippen LogP contribution in [0.2, 0.25) is 0 Å². The van der Waals surface area contributed by atoms with Gasteiger partial charge in [-0.05, 0) is 31.5 Å². The number of aromatic amines is 1. The van der Waals surface area contributed by atoms with Crippen molar-refractivity contribution in [2.75, 3.05) is 19.7 Å². The SMILES string of the molecule is Cc1ncsc1C(=O)N1CC[C@H](c2cc(CCOc3cccc(F)c3)[nH]n2)C1. The molecule has 1 aliphatic rings. The van der Waals surface area contributed by atoms with Crippen LogP contribution in [0.3, 0.4) is 0 Å². The summed E-state index contributed by atoms with van der Waals surface area (Å²) in [5.41, 5.74) is 4.44. The van der Waals surface area contributed by atoms with Crippen LogP contribution < -0.4 is 4.74 Å². The van der Waals surface area contributed by atoms with E-state index in [9.17, 15) is 9.18 Å². The minimum absolute atomic E-state index is 0.0572. The van der Waals surface area contributed by atoms with Crippen LogP contribution in [0.5, 0.6) is 5.75 Å². The highest BCUT2D eigenvalue weighted by molar-refractivity contribution is 7.11. The summed E-state index contributed by atoms with van der Waals surface area (Å²) in [6, 6.07) is 8.15. The lowest BCUT2D eigenvalue weighted by atomic mass is 10.0. The number of aromatic nitrogens is 3. The van der Waals surface area contributed by atoms with Crippen molar-refractivity contribution in [3.63, 3.8) is 0 Å². The molecule has 0 aliphatic carbocycles. The Kier molecular flexibility index (Phi) is 5.38. The highest BCUT2D eigenvalue weighted by Crippen LogP contribution is 2.28. The van der Waals surface area contributed by atoms with E-state index in [1.54, 1.807) is 17.6 Å². The van der Waals surface area contributed by atoms with E-state index < -0.39 is 0 Å². The lowest BCUT2D eigenvalue weighted by Gasteiger charge is -2.15. The summed E-state index contributed by atoms with van der Waals surface area (Å²) in [5.74, 6) is 0.492. The Hall–Kier alpha value is -2.74. The second kappa shape index (κ2) is 8.10. The van der Waals surface area contributed by atoms with Crippen molar-refractivity contribution < 1.29 is 13.9 Å². The number of benzene rings is 1. The van der Waals surface area contributed by atoms with E-state index in [1.807, 2.05) is 17.9 Å². The predicted octanol–water partition coefficient (Wildman–Crippen LogP) is 3.56. The fourth-order valence-electron chi connectivity index (χ4n) is 3.39. The number of H-pyrrole nitrogens is 1. The smallest absolute Gasteiger partial charge is 0.265 e. The van der Waals surface area contributed by atoms with Gasteiger partial charge in [0.05, 0.1) is 23.5 Å². The summed E-state index contributed by atoms with van der Waals surface area (Å²) in [6.45, 7) is 3.69. The van der Waals surface area contributed by atoms with Gasteiger partial charge < -0.3 is 9.64 Å². The lowest BCUT2D eigenvalue weighted by molar-refractivity contribution is 0.0794. The number of likely N-dealkylation sites (tertiary alicyclic amines) is 1. The van der Waals surface area contributed by atoms with Gasteiger partial charge in [-0.25, -0.2) is 9.37 Å². The molecule has 1 aliphatic heterocycles. The van der Waals surface area contributed by atoms with Gasteiger partial charge in [-0.2, -0.15) is 5.10 Å². The number of carbonyl (C=O) groups excluding carboxylic acids is 1. The van der Waals surface area contributed by atoms with E-state index in [-0.39, 0.29) is 17.6 Å². The molecule has 0 spiro atoms. The second-order valence-corrected chi connectivity index (χ2v) is 7.73. The van der Waals surface area contributed by atoms with Gasteiger partial charge >= 0.3 is 0 Å². The Bertz CT molecular complexity index is 971. The molecule has 2 aromatic heterocycles. The molecule has 0 bridgehead atoms. The molecule has 8 heteroatoms. The number of hydrogen-bond acceptors (Lipinski definition) is 5. The topological polar surface area (TPSA) is 71.1 Å². The van der Waals surface area contributed by atoms with Gasteiger partial charge in [0.15, 0.2) is 0 Å². The van der Waals surface area contributed by atoms with Crippen molar-refractivity contribution in [1.82, 2.24) is 20.1 Å². The molecular formula is C20H21FN4O2S. The van der Waals surface area contributed by atoms with Gasteiger partial charge in [0.2, 0.25) is 0 Å². The summed E-state index contributed by atoms with van der Waals surface area (Å²) in [6.07, 6.45) is 1.55. The van der Waals surface area contributed by atoms with Crippen LogP contribution in [-0.2, 0) is 6.42 Å². The minimum atomic E-state index is -0.310. The average molecular weight is 400 g/mol. The zero-order chi connectivity index (χ0) is 19.5. The molecule has 3 heterocycles. The Labute approximate surface area is 166 Å². The van der Waals surface area contributed by atoms with E-state index in [2.05, 4.69) is 15.2 Å². The maximum atomic E-state index is 13.2. The third kappa shape index (κ3) is 4.06. The first-order valence-corrected chi connectivity index (χ1v) is 10.1. The second-order valence-electron chi connectivity index (χ2n) is 6.88. The Balaban J connectivity index is 1.31. The van der Waals surface area contributed by atoms with Gasteiger partial charge in [0.25, 0.3) is 5.91 Å². The first-order chi connectivity index (χ1) is 13.6. The van der Waals surface area contributed by atoms with Crippen molar-refractivity contribution in [2.45, 2.75) is 25.7 Å². The molecule has 1 N–H and O–H groups in total. The molecule has 6 nitrogen and oxygen atoms in total. The van der Waals surface area contributed by atoms with Gasteiger partial charge in [-0.1, -0.05) is 6.07 Å². The number of aryl methyl sites for hydroxylation is 1. The number of ether oxygens (including phenoxy) is 1. The predicted molar refractivity (Wildman–Crippen MR) is 104 cm³/mol. The van der Waals surface area contributed by atoms with E-state index in [0.717, 1.165) is 34.9 Å². The third-order valence-corrected chi connectivity index (χ3v) is 5.84. The zero-order valence-electron chi connectivity index (χ0n) is 15.5. The highest BCUT2D eigenvalue weighted by Gasteiger charge is 2.30. The molecule has 3 aromatic rings. The van der Waals surface area contributed by atoms with Crippen LogP contribution in [0, 0.1) is 12.7 Å². The zero-order valence-corrected chi connectivity index (χ0v) is 16.3. The van der Waals surface area contributed by atoms with E-state index in [0.29, 0.717) is 25.3 Å². The van der Waals surface area contributed by atoms with Crippen molar-refractivity contribution >= 4 is 17.2 Å². The summed E-state index contributed by atoms with van der Waals surface area (Å²) >= 11 is 1.39. The molecule has 1 fully saturated rings. The summed E-state index contributed by atoms with van der Waals surface area (Å²) in [4.78, 5) is 19.4. The molecule has 1 amide bonds. The summed E-state index contributed by atoms with van der Waals surface area (Å²) < 4.78 is 18.7. The molecule has 0 unspecified atom stereocenters. The lowest BCUT2D eigenvalue weighted by Crippen LogP contribution is -2.28. The number of rotatable bonds is 6. The Morgan fingerprint density at radius 2 is 2.32 bits per heavy atom. The molecular weight excluding hydrogens is 379 g/mol. The fraction of sp³-hybridized carbons (Fsp3) is 0.350. The molecule has 28 heavy (non-hydrogen) atoms. The number of hydrogen-bond donors (Lipinski definition) is 1. The molecule has 1 atom stereocenters. The number of carbonyl (C=O) groups is 1. The Morgan fingerprint density at radius 1 is 1.43 bits per heavy atom. The van der Waals surface area contributed by atoms with Crippen LogP contribution in [-0.4, -0.2) is 45.7 Å². The van der Waals surface area contributed by atoms with Crippen LogP contribution in [0.25, 0.3) is 0 Å². The van der Waals surface area contributed by atoms with Crippen LogP contribution in [0.4, 0.5) is 4.39 Å². The van der Waals surface area contributed by atoms with E-state index in [1.165, 1.54) is 23.5 Å². The van der Waals surface area contributed by atoms with Crippen molar-refractivity contribution in [1.29, 1.82) is 0 Å². The fourth-order valence-corrected chi connectivity index (χ4v) is 4.16. The first-order valence-electron chi connectivity index (χ1n) is 9.22. The van der Waals surface area contributed by atoms with Gasteiger partial charge in [0.1, 0.15) is 16.4 Å². The number of nitrogens with zero attached hydrogens (tertiary/aromatic N) is 3. The molecule has 1 saturated heterocycles. The summed E-state index contributed by atoms with van der Waals surface area (Å²) in [7, 11) is 0. The maximum absolute atomic E-state index is 13.2. The number of nitrogens with one attached hydrogen (secondary N) is 1. The highest BCUT2D eigenvalue weighted by atomic mass is 32.1. The van der Waals surface area contributed by atoms with Crippen LogP contribution in [0.15, 0.2) is 35.8 Å². The largest absolute Gasteiger partial charge is 0.493 e. The van der Waals surface area contributed by atoms with Gasteiger partial charge in [-0.15, -0.1) is 11.3 Å². The molecule has 0 radical (unpaired) electrons. The quantitative estimate of drug-likeness (QED) is 0.687. The average Bonchev–Trinajstić information content (AvgIpc) is 3.41. The standard InChI is InChI=1S/C20H21FN4O2S/c1-13-19(28-12-22-13)20(26)25-7-5-14(11-25)18-10-16(23-24-18)6-8-27-17-4-2-3-15(21)9-17/h2-4,9-10,12,14H,5-8,11H2,1H3,(H,23,24)/t14-/m0/s1. The molecule has 0 saturated carbocycles. The van der Waals surface area contributed by atoms with Crippen molar-refractivity contribution in [2.24, 2.45) is 0 Å². The van der Waals surface area contributed by atoms with Gasteiger partial charge in [-0.3, -0.25) is 9.89 Å². The maximum Gasteiger partial charge on any atom is 0.265 e. The van der Waals surface area contributed by atoms with Crippen molar-refractivity contribution in [3.05, 3.63) is 63.6 Å². The number of thiazole rings is 1. The number of amides is 1.